The van der Waals surface area contributed by atoms with E-state index in [1.807, 2.05) is 0 Å². The molecule has 1 heterocycles. The summed E-state index contributed by atoms with van der Waals surface area (Å²) in [6, 6.07) is 38.3. The van der Waals surface area contributed by atoms with Crippen molar-refractivity contribution in [1.29, 1.82) is 0 Å². The molecule has 1 aliphatic heterocycles. The van der Waals surface area contributed by atoms with E-state index < -0.39 is 31.3 Å². The molecule has 2 atom stereocenters. The fourth-order valence-electron chi connectivity index (χ4n) is 8.75. The van der Waals surface area contributed by atoms with Crippen molar-refractivity contribution >= 4 is 18.5 Å². The molecule has 0 radical (unpaired) electrons. The first kappa shape index (κ1) is 32.0. The van der Waals surface area contributed by atoms with Gasteiger partial charge in [-0.05, 0) is 20.8 Å². The van der Waals surface area contributed by atoms with Crippen LogP contribution in [-0.4, -0.2) is 20.3 Å². The first-order chi connectivity index (χ1) is 22.2. The third-order valence-electron chi connectivity index (χ3n) is 10.7. The van der Waals surface area contributed by atoms with Gasteiger partial charge in [0.15, 0.2) is 0 Å². The Hall–Kier alpha value is -2.58. The zero-order valence-corrected chi connectivity index (χ0v) is 32.0. The number of benzene rings is 4. The predicted molar refractivity (Wildman–Crippen MR) is 195 cm³/mol. The molecule has 0 saturated carbocycles. The number of fused-ring (bicyclic) bond motifs is 8. The Balaban J connectivity index is 1.36. The van der Waals surface area contributed by atoms with Gasteiger partial charge in [0.1, 0.15) is 0 Å². The monoisotopic (exact) mass is 698 g/mol. The van der Waals surface area contributed by atoms with Crippen molar-refractivity contribution in [2.45, 2.75) is 85.7 Å². The van der Waals surface area contributed by atoms with E-state index in [2.05, 4.69) is 138 Å². The molecule has 0 N–H and O–H groups in total. The van der Waals surface area contributed by atoms with Crippen LogP contribution in [0, 0.1) is 0 Å². The summed E-state index contributed by atoms with van der Waals surface area (Å²) in [5.41, 5.74) is 15.6. The molecule has 0 spiro atoms. The van der Waals surface area contributed by atoms with Crippen LogP contribution in [0.25, 0.3) is 32.6 Å². The van der Waals surface area contributed by atoms with Gasteiger partial charge < -0.3 is 0 Å². The van der Waals surface area contributed by atoms with Crippen LogP contribution in [0.1, 0.15) is 89.8 Å². The van der Waals surface area contributed by atoms with Gasteiger partial charge in [0, 0.05) is 0 Å². The van der Waals surface area contributed by atoms with Gasteiger partial charge in [0.05, 0.1) is 0 Å². The molecule has 0 saturated heterocycles. The summed E-state index contributed by atoms with van der Waals surface area (Å²) in [6.07, 6.45) is 4.96. The molecule has 7 rings (SSSR count). The second-order valence-electron chi connectivity index (χ2n) is 14.9. The van der Waals surface area contributed by atoms with Crippen LogP contribution in [0.4, 0.5) is 0 Å². The second kappa shape index (κ2) is 12.8. The molecule has 0 fully saturated rings. The molecule has 0 aromatic heterocycles. The fourth-order valence-corrected chi connectivity index (χ4v) is 19.7. The van der Waals surface area contributed by atoms with Gasteiger partial charge in [-0.2, -0.15) is 0 Å². The van der Waals surface area contributed by atoms with E-state index in [1.54, 1.807) is 43.8 Å². The normalized spacial score (nSPS) is 21.5. The van der Waals surface area contributed by atoms with Crippen molar-refractivity contribution in [3.05, 3.63) is 130 Å². The Morgan fingerprint density at radius 1 is 0.609 bits per heavy atom. The van der Waals surface area contributed by atoms with Gasteiger partial charge in [-0.3, -0.25) is 0 Å². The van der Waals surface area contributed by atoms with Crippen LogP contribution in [0.5, 0.6) is 0 Å². The summed E-state index contributed by atoms with van der Waals surface area (Å²) < 4.78 is 7.36. The second-order valence-corrected chi connectivity index (χ2v) is 22.7. The number of hydrogen-bond acceptors (Lipinski definition) is 1. The van der Waals surface area contributed by atoms with Crippen molar-refractivity contribution in [3.8, 4) is 22.3 Å². The summed E-state index contributed by atoms with van der Waals surface area (Å²) in [4.78, 5) is 0. The van der Waals surface area contributed by atoms with E-state index in [0.717, 1.165) is 13.0 Å². The molecule has 3 aliphatic rings. The Morgan fingerprint density at radius 3 is 1.57 bits per heavy atom. The molecule has 2 unspecified atom stereocenters. The van der Waals surface area contributed by atoms with Crippen molar-refractivity contribution in [3.63, 3.8) is 0 Å². The SMILES string of the molecule is CC1=C2c3c(-c4ccccc4)cccc3[CH]1[Zr][CH]1C(C)=C(c3c(-c4ccccc4)cccc31)[Si]2(C)CCCCCCOC(C)(C)C. The summed E-state index contributed by atoms with van der Waals surface area (Å²) in [5.74, 6) is 0. The Kier molecular flexibility index (Phi) is 8.90. The molecule has 0 amide bonds. The van der Waals surface area contributed by atoms with Crippen LogP contribution < -0.4 is 0 Å². The zero-order valence-electron chi connectivity index (χ0n) is 28.5. The van der Waals surface area contributed by atoms with Crippen molar-refractivity contribution < 1.29 is 28.0 Å². The van der Waals surface area contributed by atoms with Crippen molar-refractivity contribution in [2.75, 3.05) is 6.61 Å². The fraction of sp³-hybridized carbons (Fsp3) is 0.349. The smallest absolute Gasteiger partial charge is 0.0364 e. The standard InChI is InChI=1S/C43H48OSi.Zr/c1-31-29-35-23-17-25-37(33-19-11-9-12-20-33)39(35)41(31)45(6,28-16-8-7-15-27-44-43(3,4)5)42-32(2)30-36-24-18-26-38(40(36)42)34-21-13-10-14-22-34;/h9-14,17-26,29-30H,7-8,15-16,27-28H2,1-6H3;. The topological polar surface area (TPSA) is 9.23 Å². The molecule has 4 bridgehead atoms. The van der Waals surface area contributed by atoms with Gasteiger partial charge in [-0.25, -0.2) is 0 Å². The van der Waals surface area contributed by atoms with Gasteiger partial charge in [0.25, 0.3) is 0 Å². The van der Waals surface area contributed by atoms with E-state index in [9.17, 15) is 0 Å². The van der Waals surface area contributed by atoms with Gasteiger partial charge in [0.2, 0.25) is 0 Å². The molecule has 1 nitrogen and oxygen atoms in total. The van der Waals surface area contributed by atoms with Crippen LogP contribution in [0.15, 0.2) is 108 Å². The summed E-state index contributed by atoms with van der Waals surface area (Å²) in [5, 5.41) is 3.57. The zero-order chi connectivity index (χ0) is 32.1. The molecule has 3 heteroatoms. The number of allylic oxidation sites excluding steroid dienone is 2. The molecule has 4 aromatic rings. The van der Waals surface area contributed by atoms with Crippen LogP contribution >= 0.6 is 0 Å². The van der Waals surface area contributed by atoms with Crippen molar-refractivity contribution in [1.82, 2.24) is 0 Å². The van der Waals surface area contributed by atoms with Crippen LogP contribution in [0.3, 0.4) is 0 Å². The maximum absolute atomic E-state index is 6.07. The minimum Gasteiger partial charge on any atom is -0.0364 e. The van der Waals surface area contributed by atoms with Crippen LogP contribution in [0.2, 0.25) is 12.6 Å². The molecular formula is C43H48OSiZr. The summed E-state index contributed by atoms with van der Waals surface area (Å²) in [6.45, 7) is 15.2. The Morgan fingerprint density at radius 2 is 1.09 bits per heavy atom. The number of unbranched alkanes of at least 4 members (excludes halogenated alkanes) is 3. The van der Waals surface area contributed by atoms with Crippen LogP contribution in [-0.2, 0) is 28.0 Å². The van der Waals surface area contributed by atoms with E-state index in [0.29, 0.717) is 7.25 Å². The minimum atomic E-state index is -2.20. The van der Waals surface area contributed by atoms with Crippen molar-refractivity contribution in [2.24, 2.45) is 0 Å². The molecular weight excluding hydrogens is 652 g/mol. The third-order valence-corrected chi connectivity index (χ3v) is 20.8. The van der Waals surface area contributed by atoms with Gasteiger partial charge in [-0.1, -0.05) is 0 Å². The molecule has 234 valence electrons. The average Bonchev–Trinajstić information content (AvgIpc) is 3.52. The predicted octanol–water partition coefficient (Wildman–Crippen LogP) is 12.0. The molecule has 4 aromatic carbocycles. The molecule has 2 aliphatic carbocycles. The first-order valence-corrected chi connectivity index (χ1v) is 22.9. The summed E-state index contributed by atoms with van der Waals surface area (Å²) in [7, 11) is -2.20. The third kappa shape index (κ3) is 5.65. The number of ether oxygens (including phenoxy) is 1. The Labute approximate surface area is 289 Å². The van der Waals surface area contributed by atoms with E-state index >= 15 is 0 Å². The van der Waals surface area contributed by atoms with E-state index in [-0.39, 0.29) is 5.60 Å². The Bertz CT molecular complexity index is 1690. The maximum atomic E-state index is 6.07. The number of rotatable bonds is 9. The van der Waals surface area contributed by atoms with Gasteiger partial charge >= 0.3 is 271 Å². The molecule has 46 heavy (non-hydrogen) atoms. The van der Waals surface area contributed by atoms with E-state index in [1.165, 1.54) is 47.6 Å². The van der Waals surface area contributed by atoms with Gasteiger partial charge in [-0.15, -0.1) is 0 Å². The summed E-state index contributed by atoms with van der Waals surface area (Å²) >= 11 is -0.925. The first-order valence-electron chi connectivity index (χ1n) is 17.4. The average molecular weight is 700 g/mol. The quantitative estimate of drug-likeness (QED) is 0.125. The number of hydrogen-bond donors (Lipinski definition) is 0. The minimum absolute atomic E-state index is 0.0525. The van der Waals surface area contributed by atoms with E-state index in [4.69, 9.17) is 4.74 Å².